The van der Waals surface area contributed by atoms with Crippen LogP contribution in [0.2, 0.25) is 5.15 Å². The van der Waals surface area contributed by atoms with Crippen molar-refractivity contribution in [1.29, 1.82) is 0 Å². The summed E-state index contributed by atoms with van der Waals surface area (Å²) in [4.78, 5) is 18.3. The van der Waals surface area contributed by atoms with E-state index in [0.717, 1.165) is 19.4 Å². The standard InChI is InChI=1S/C14H23ClN4O/c1-4-10(5-2)9-19(6-3)14(20)11-7-12(15)17-13(8-11)18-16/h7-8,10H,4-6,9,16H2,1-3H3,(H,17,18). The number of nitrogens with two attached hydrogens (primary N) is 1. The van der Waals surface area contributed by atoms with E-state index < -0.39 is 0 Å². The van der Waals surface area contributed by atoms with Crippen LogP contribution in [-0.2, 0) is 0 Å². The van der Waals surface area contributed by atoms with Gasteiger partial charge in [-0.25, -0.2) is 10.8 Å². The number of hydrazine groups is 1. The molecule has 0 aliphatic rings. The van der Waals surface area contributed by atoms with Crippen LogP contribution in [0.4, 0.5) is 5.82 Å². The van der Waals surface area contributed by atoms with Crippen molar-refractivity contribution in [3.05, 3.63) is 22.8 Å². The van der Waals surface area contributed by atoms with Crippen LogP contribution in [0.15, 0.2) is 12.1 Å². The quantitative estimate of drug-likeness (QED) is 0.461. The number of nitrogen functional groups attached to an aromatic ring is 1. The third-order valence-electron chi connectivity index (χ3n) is 3.49. The van der Waals surface area contributed by atoms with Gasteiger partial charge in [-0.05, 0) is 25.0 Å². The SMILES string of the molecule is CCC(CC)CN(CC)C(=O)c1cc(Cl)nc(NN)c1. The number of aromatic nitrogens is 1. The highest BCUT2D eigenvalue weighted by atomic mass is 35.5. The third kappa shape index (κ3) is 4.35. The summed E-state index contributed by atoms with van der Waals surface area (Å²) in [5.41, 5.74) is 2.92. The fourth-order valence-electron chi connectivity index (χ4n) is 2.09. The van der Waals surface area contributed by atoms with Crippen LogP contribution in [-0.4, -0.2) is 28.9 Å². The summed E-state index contributed by atoms with van der Waals surface area (Å²) >= 11 is 5.90. The first kappa shape index (κ1) is 16.7. The van der Waals surface area contributed by atoms with Gasteiger partial charge in [0.25, 0.3) is 5.91 Å². The Morgan fingerprint density at radius 1 is 1.40 bits per heavy atom. The first-order valence-electron chi connectivity index (χ1n) is 6.99. The van der Waals surface area contributed by atoms with Gasteiger partial charge in [0.15, 0.2) is 0 Å². The predicted octanol–water partition coefficient (Wildman–Crippen LogP) is 2.92. The fraction of sp³-hybridized carbons (Fsp3) is 0.571. The molecule has 3 N–H and O–H groups in total. The number of hydrogen-bond acceptors (Lipinski definition) is 4. The monoisotopic (exact) mass is 298 g/mol. The number of anilines is 1. The molecule has 20 heavy (non-hydrogen) atoms. The van der Waals surface area contributed by atoms with Crippen molar-refractivity contribution in [3.8, 4) is 0 Å². The van der Waals surface area contributed by atoms with Crippen LogP contribution < -0.4 is 11.3 Å². The highest BCUT2D eigenvalue weighted by molar-refractivity contribution is 6.29. The molecule has 0 saturated carbocycles. The molecule has 0 aromatic carbocycles. The molecule has 0 fully saturated rings. The Morgan fingerprint density at radius 2 is 2.05 bits per heavy atom. The van der Waals surface area contributed by atoms with Crippen LogP contribution in [0.25, 0.3) is 0 Å². The summed E-state index contributed by atoms with van der Waals surface area (Å²) in [6.07, 6.45) is 2.12. The summed E-state index contributed by atoms with van der Waals surface area (Å²) in [7, 11) is 0. The molecule has 0 unspecified atom stereocenters. The van der Waals surface area contributed by atoms with Crippen molar-refractivity contribution in [1.82, 2.24) is 9.88 Å². The number of rotatable bonds is 7. The molecule has 6 heteroatoms. The number of nitrogens with one attached hydrogen (secondary N) is 1. The molecule has 0 atom stereocenters. The van der Waals surface area contributed by atoms with Crippen molar-refractivity contribution >= 4 is 23.3 Å². The molecular formula is C14H23ClN4O. The second-order valence-electron chi connectivity index (χ2n) is 4.73. The van der Waals surface area contributed by atoms with Gasteiger partial charge in [-0.3, -0.25) is 4.79 Å². The second-order valence-corrected chi connectivity index (χ2v) is 5.12. The van der Waals surface area contributed by atoms with Crippen LogP contribution in [0, 0.1) is 5.92 Å². The average Bonchev–Trinajstić information content (AvgIpc) is 2.47. The first-order valence-corrected chi connectivity index (χ1v) is 7.36. The molecule has 1 aromatic rings. The van der Waals surface area contributed by atoms with Gasteiger partial charge in [-0.15, -0.1) is 0 Å². The maximum Gasteiger partial charge on any atom is 0.254 e. The van der Waals surface area contributed by atoms with Gasteiger partial charge < -0.3 is 10.3 Å². The van der Waals surface area contributed by atoms with Gasteiger partial charge in [0.05, 0.1) is 0 Å². The van der Waals surface area contributed by atoms with Crippen LogP contribution in [0.1, 0.15) is 44.0 Å². The predicted molar refractivity (Wildman–Crippen MR) is 82.7 cm³/mol. The van der Waals surface area contributed by atoms with Crippen molar-refractivity contribution in [2.45, 2.75) is 33.6 Å². The van der Waals surface area contributed by atoms with Gasteiger partial charge in [-0.2, -0.15) is 0 Å². The minimum absolute atomic E-state index is 0.0415. The van der Waals surface area contributed by atoms with Gasteiger partial charge in [0, 0.05) is 18.7 Å². The Morgan fingerprint density at radius 3 is 2.55 bits per heavy atom. The van der Waals surface area contributed by atoms with Gasteiger partial charge >= 0.3 is 0 Å². The maximum atomic E-state index is 12.5. The maximum absolute atomic E-state index is 12.5. The van der Waals surface area contributed by atoms with Crippen molar-refractivity contribution in [2.24, 2.45) is 11.8 Å². The molecule has 1 heterocycles. The molecule has 1 aromatic heterocycles. The molecular weight excluding hydrogens is 276 g/mol. The van der Waals surface area contributed by atoms with Crippen molar-refractivity contribution in [3.63, 3.8) is 0 Å². The lowest BCUT2D eigenvalue weighted by Gasteiger charge is -2.25. The van der Waals surface area contributed by atoms with E-state index in [2.05, 4.69) is 24.3 Å². The van der Waals surface area contributed by atoms with Gasteiger partial charge in [0.1, 0.15) is 11.0 Å². The average molecular weight is 299 g/mol. The van der Waals surface area contributed by atoms with Gasteiger partial charge in [-0.1, -0.05) is 38.3 Å². The van der Waals surface area contributed by atoms with E-state index in [1.54, 1.807) is 12.1 Å². The third-order valence-corrected chi connectivity index (χ3v) is 3.68. The summed E-state index contributed by atoms with van der Waals surface area (Å²) in [5, 5.41) is 0.252. The Kier molecular flexibility index (Phi) is 6.75. The van der Waals surface area contributed by atoms with Crippen molar-refractivity contribution < 1.29 is 4.79 Å². The highest BCUT2D eigenvalue weighted by Gasteiger charge is 2.18. The van der Waals surface area contributed by atoms with E-state index in [9.17, 15) is 4.79 Å². The zero-order chi connectivity index (χ0) is 15.1. The van der Waals surface area contributed by atoms with Gasteiger partial charge in [0.2, 0.25) is 0 Å². The van der Waals surface area contributed by atoms with E-state index >= 15 is 0 Å². The molecule has 0 bridgehead atoms. The Labute approximate surface area is 125 Å². The summed E-state index contributed by atoms with van der Waals surface area (Å²) in [6, 6.07) is 3.18. The number of nitrogens with zero attached hydrogens (tertiary/aromatic N) is 2. The molecule has 1 rings (SSSR count). The number of carbonyl (C=O) groups excluding carboxylic acids is 1. The second kappa shape index (κ2) is 8.07. The van der Waals surface area contributed by atoms with E-state index in [1.807, 2.05) is 11.8 Å². The molecule has 0 aliphatic heterocycles. The summed E-state index contributed by atoms with van der Waals surface area (Å²) in [5.74, 6) is 6.19. The minimum atomic E-state index is -0.0415. The topological polar surface area (TPSA) is 71.2 Å². The number of halogens is 1. The molecule has 112 valence electrons. The zero-order valence-electron chi connectivity index (χ0n) is 12.3. The Bertz CT molecular complexity index is 449. The molecule has 0 aliphatic carbocycles. The van der Waals surface area contributed by atoms with Crippen LogP contribution in [0.5, 0.6) is 0 Å². The normalized spacial score (nSPS) is 10.7. The lowest BCUT2D eigenvalue weighted by molar-refractivity contribution is 0.0735. The molecule has 5 nitrogen and oxygen atoms in total. The minimum Gasteiger partial charge on any atom is -0.339 e. The molecule has 1 amide bonds. The molecule has 0 spiro atoms. The van der Waals surface area contributed by atoms with E-state index in [0.29, 0.717) is 23.8 Å². The number of carbonyl (C=O) groups is 1. The highest BCUT2D eigenvalue weighted by Crippen LogP contribution is 2.17. The summed E-state index contributed by atoms with van der Waals surface area (Å²) < 4.78 is 0. The largest absolute Gasteiger partial charge is 0.339 e. The fourth-order valence-corrected chi connectivity index (χ4v) is 2.30. The first-order chi connectivity index (χ1) is 9.55. The lowest BCUT2D eigenvalue weighted by atomic mass is 10.0. The lowest BCUT2D eigenvalue weighted by Crippen LogP contribution is -2.35. The van der Waals surface area contributed by atoms with E-state index in [1.165, 1.54) is 0 Å². The summed E-state index contributed by atoms with van der Waals surface area (Å²) in [6.45, 7) is 7.69. The van der Waals surface area contributed by atoms with Crippen LogP contribution >= 0.6 is 11.6 Å². The van der Waals surface area contributed by atoms with Crippen molar-refractivity contribution in [2.75, 3.05) is 18.5 Å². The molecule has 0 saturated heterocycles. The number of pyridine rings is 1. The molecule has 0 radical (unpaired) electrons. The van der Waals surface area contributed by atoms with E-state index in [4.69, 9.17) is 17.4 Å². The van der Waals surface area contributed by atoms with Crippen LogP contribution in [0.3, 0.4) is 0 Å². The Balaban J connectivity index is 2.93. The number of hydrogen-bond donors (Lipinski definition) is 2. The Hall–Kier alpha value is -1.33. The number of amides is 1. The smallest absolute Gasteiger partial charge is 0.254 e. The van der Waals surface area contributed by atoms with E-state index in [-0.39, 0.29) is 11.1 Å². The zero-order valence-corrected chi connectivity index (χ0v) is 13.1.